The number of hydrogen-bond acceptors (Lipinski definition) is 6. The van der Waals surface area contributed by atoms with E-state index in [4.69, 9.17) is 0 Å². The Hall–Kier alpha value is -2.40. The summed E-state index contributed by atoms with van der Waals surface area (Å²) < 4.78 is 66.9. The number of sulfonamides is 1. The maximum Gasteiger partial charge on any atom is 0.573 e. The third kappa shape index (κ3) is 7.35. The molecule has 1 aromatic heterocycles. The molecule has 0 amide bonds. The number of ether oxygens (including phenoxy) is 1. The fraction of sp³-hybridized carbons (Fsp3) is 0.500. The Balaban J connectivity index is 1.52. The van der Waals surface area contributed by atoms with Crippen LogP contribution in [0.2, 0.25) is 0 Å². The Bertz CT molecular complexity index is 960. The molecule has 170 valence electrons. The van der Waals surface area contributed by atoms with Crippen molar-refractivity contribution in [3.63, 3.8) is 0 Å². The van der Waals surface area contributed by atoms with Crippen LogP contribution < -0.4 is 14.8 Å². The third-order valence-corrected chi connectivity index (χ3v) is 6.57. The van der Waals surface area contributed by atoms with Crippen molar-refractivity contribution in [3.8, 4) is 17.0 Å². The quantitative estimate of drug-likeness (QED) is 0.622. The van der Waals surface area contributed by atoms with Crippen LogP contribution in [0.1, 0.15) is 32.6 Å². The number of benzene rings is 1. The third-order valence-electron chi connectivity index (χ3n) is 5.20. The highest BCUT2D eigenvalue weighted by molar-refractivity contribution is 7.89. The van der Waals surface area contributed by atoms with Gasteiger partial charge in [0.15, 0.2) is 0 Å². The number of nitrogens with zero attached hydrogens (tertiary/aromatic N) is 2. The van der Waals surface area contributed by atoms with Crippen LogP contribution in [0.5, 0.6) is 5.75 Å². The lowest BCUT2D eigenvalue weighted by Crippen LogP contribution is -2.34. The summed E-state index contributed by atoms with van der Waals surface area (Å²) in [4.78, 5) is 0. The summed E-state index contributed by atoms with van der Waals surface area (Å²) in [5.74, 6) is 0.672. The predicted molar refractivity (Wildman–Crippen MR) is 111 cm³/mol. The van der Waals surface area contributed by atoms with Crippen LogP contribution in [0, 0.1) is 5.92 Å². The molecule has 0 saturated heterocycles. The Morgan fingerprint density at radius 3 is 2.45 bits per heavy atom. The molecule has 0 aliphatic heterocycles. The fourth-order valence-corrected chi connectivity index (χ4v) is 4.18. The van der Waals surface area contributed by atoms with Gasteiger partial charge in [-0.1, -0.05) is 12.1 Å². The minimum absolute atomic E-state index is 0.0816. The number of hydrogen-bond donors (Lipinski definition) is 2. The molecular weight excluding hydrogens is 433 g/mol. The van der Waals surface area contributed by atoms with Gasteiger partial charge in [-0.2, -0.15) is 0 Å². The first-order valence-electron chi connectivity index (χ1n) is 10.1. The van der Waals surface area contributed by atoms with Gasteiger partial charge < -0.3 is 10.1 Å². The Labute approximate surface area is 179 Å². The van der Waals surface area contributed by atoms with Gasteiger partial charge in [0.2, 0.25) is 10.0 Å². The van der Waals surface area contributed by atoms with E-state index < -0.39 is 16.4 Å². The zero-order chi connectivity index (χ0) is 22.5. The molecule has 11 heteroatoms. The molecule has 1 saturated carbocycles. The van der Waals surface area contributed by atoms with Crippen LogP contribution in [-0.2, 0) is 10.0 Å². The summed E-state index contributed by atoms with van der Waals surface area (Å²) in [5, 5.41) is 11.6. The molecule has 1 aliphatic carbocycles. The van der Waals surface area contributed by atoms with E-state index in [2.05, 4.69) is 25.0 Å². The first-order valence-corrected chi connectivity index (χ1v) is 11.7. The van der Waals surface area contributed by atoms with Crippen molar-refractivity contribution in [2.45, 2.75) is 45.0 Å². The maximum atomic E-state index is 12.4. The molecule has 1 fully saturated rings. The van der Waals surface area contributed by atoms with Gasteiger partial charge in [0.1, 0.15) is 11.6 Å². The minimum atomic E-state index is -4.75. The molecule has 7 nitrogen and oxygen atoms in total. The molecule has 2 aromatic rings. The predicted octanol–water partition coefficient (Wildman–Crippen LogP) is 3.95. The normalized spacial score (nSPS) is 19.7. The van der Waals surface area contributed by atoms with Gasteiger partial charge in [-0.05, 0) is 62.8 Å². The number of rotatable bonds is 8. The van der Waals surface area contributed by atoms with Crippen LogP contribution in [0.3, 0.4) is 0 Å². The monoisotopic (exact) mass is 458 g/mol. The lowest BCUT2D eigenvalue weighted by Gasteiger charge is -2.29. The molecule has 1 aromatic carbocycles. The van der Waals surface area contributed by atoms with Crippen LogP contribution >= 0.6 is 0 Å². The van der Waals surface area contributed by atoms with Gasteiger partial charge in [-0.3, -0.25) is 0 Å². The second-order valence-electron chi connectivity index (χ2n) is 7.49. The van der Waals surface area contributed by atoms with E-state index in [9.17, 15) is 21.6 Å². The average molecular weight is 459 g/mol. The summed E-state index contributed by atoms with van der Waals surface area (Å²) in [6.07, 6.45) is -1.17. The fourth-order valence-electron chi connectivity index (χ4n) is 3.48. The van der Waals surface area contributed by atoms with Crippen molar-refractivity contribution in [1.82, 2.24) is 14.9 Å². The minimum Gasteiger partial charge on any atom is -0.406 e. The number of nitrogens with one attached hydrogen (secondary N) is 2. The van der Waals surface area contributed by atoms with Crippen molar-refractivity contribution >= 4 is 15.8 Å². The molecule has 1 heterocycles. The van der Waals surface area contributed by atoms with Crippen molar-refractivity contribution in [3.05, 3.63) is 36.4 Å². The largest absolute Gasteiger partial charge is 0.573 e. The summed E-state index contributed by atoms with van der Waals surface area (Å²) >= 11 is 0. The lowest BCUT2D eigenvalue weighted by atomic mass is 9.86. The first kappa shape index (κ1) is 23.3. The van der Waals surface area contributed by atoms with E-state index in [1.807, 2.05) is 0 Å². The van der Waals surface area contributed by atoms with E-state index in [0.29, 0.717) is 29.5 Å². The van der Waals surface area contributed by atoms with Gasteiger partial charge in [0.25, 0.3) is 0 Å². The van der Waals surface area contributed by atoms with Crippen molar-refractivity contribution in [2.24, 2.45) is 5.92 Å². The molecule has 0 unspecified atom stereocenters. The smallest absolute Gasteiger partial charge is 0.406 e. The van der Waals surface area contributed by atoms with Gasteiger partial charge in [0.05, 0.1) is 11.4 Å². The maximum absolute atomic E-state index is 12.4. The van der Waals surface area contributed by atoms with Crippen molar-refractivity contribution in [1.29, 1.82) is 0 Å². The molecule has 0 bridgehead atoms. The van der Waals surface area contributed by atoms with Crippen molar-refractivity contribution < 1.29 is 26.3 Å². The van der Waals surface area contributed by atoms with E-state index in [1.165, 1.54) is 18.2 Å². The zero-order valence-electron chi connectivity index (χ0n) is 17.0. The van der Waals surface area contributed by atoms with E-state index in [-0.39, 0.29) is 17.5 Å². The average Bonchev–Trinajstić information content (AvgIpc) is 2.73. The number of halogens is 3. The Morgan fingerprint density at radius 2 is 1.84 bits per heavy atom. The lowest BCUT2D eigenvalue weighted by molar-refractivity contribution is -0.274. The zero-order valence-corrected chi connectivity index (χ0v) is 17.8. The van der Waals surface area contributed by atoms with Gasteiger partial charge >= 0.3 is 6.36 Å². The molecular formula is C20H25F3N4O3S. The van der Waals surface area contributed by atoms with Crippen LogP contribution in [0.15, 0.2) is 36.4 Å². The Kier molecular flexibility index (Phi) is 7.37. The van der Waals surface area contributed by atoms with E-state index in [1.54, 1.807) is 25.1 Å². The highest BCUT2D eigenvalue weighted by atomic mass is 32.2. The summed E-state index contributed by atoms with van der Waals surface area (Å²) in [5.41, 5.74) is 0.904. The first-order chi connectivity index (χ1) is 14.6. The molecule has 2 N–H and O–H groups in total. The van der Waals surface area contributed by atoms with Crippen LogP contribution in [0.25, 0.3) is 11.3 Å². The number of alkyl halides is 3. The molecule has 0 spiro atoms. The second kappa shape index (κ2) is 9.82. The highest BCUT2D eigenvalue weighted by Gasteiger charge is 2.31. The Morgan fingerprint density at radius 1 is 1.10 bits per heavy atom. The SMILES string of the molecule is CCS(=O)(=O)NC[C@H]1CC[C@H](Nc2ccc(-c3cccc(OC(F)(F)F)c3)nn2)CC1. The van der Waals surface area contributed by atoms with Gasteiger partial charge in [0, 0.05) is 18.2 Å². The molecule has 0 radical (unpaired) electrons. The standard InChI is InChI=1S/C20H25F3N4O3S/c1-2-31(28,29)24-13-14-6-8-16(9-7-14)25-19-11-10-18(26-27-19)15-4-3-5-17(12-15)30-20(21,22)23/h3-5,10-12,14,16,24H,2,6-9,13H2,1H3,(H,25,27)/t14-,16-. The van der Waals surface area contributed by atoms with E-state index in [0.717, 1.165) is 25.7 Å². The molecule has 0 atom stereocenters. The summed E-state index contributed by atoms with van der Waals surface area (Å²) in [7, 11) is -3.17. The van der Waals surface area contributed by atoms with E-state index >= 15 is 0 Å². The molecule has 3 rings (SSSR count). The second-order valence-corrected chi connectivity index (χ2v) is 9.59. The van der Waals surface area contributed by atoms with Gasteiger partial charge in [-0.15, -0.1) is 23.4 Å². The highest BCUT2D eigenvalue weighted by Crippen LogP contribution is 2.28. The van der Waals surface area contributed by atoms with Gasteiger partial charge in [-0.25, -0.2) is 13.1 Å². The van der Waals surface area contributed by atoms with Crippen molar-refractivity contribution in [2.75, 3.05) is 17.6 Å². The molecule has 31 heavy (non-hydrogen) atoms. The summed E-state index contributed by atoms with van der Waals surface area (Å²) in [6.45, 7) is 2.08. The topological polar surface area (TPSA) is 93.2 Å². The molecule has 1 aliphatic rings. The number of aromatic nitrogens is 2. The number of anilines is 1. The summed E-state index contributed by atoms with van der Waals surface area (Å²) in [6, 6.07) is 9.22. The van der Waals surface area contributed by atoms with Crippen LogP contribution in [-0.4, -0.2) is 43.3 Å². The van der Waals surface area contributed by atoms with Crippen LogP contribution in [0.4, 0.5) is 19.0 Å².